The van der Waals surface area contributed by atoms with Gasteiger partial charge in [0.1, 0.15) is 4.99 Å². The Morgan fingerprint density at radius 1 is 1.32 bits per heavy atom. The van der Waals surface area contributed by atoms with Gasteiger partial charge in [-0.15, -0.1) is 0 Å². The summed E-state index contributed by atoms with van der Waals surface area (Å²) >= 11 is 5.09. The average molecular weight is 271 g/mol. The van der Waals surface area contributed by atoms with Gasteiger partial charge in [0.05, 0.1) is 0 Å². The molecule has 98 valence electrons. The fourth-order valence-electron chi connectivity index (χ4n) is 2.08. The Hall–Kier alpha value is -1.94. The van der Waals surface area contributed by atoms with Crippen molar-refractivity contribution >= 4 is 22.9 Å². The van der Waals surface area contributed by atoms with E-state index in [-0.39, 0.29) is 0 Å². The van der Waals surface area contributed by atoms with Gasteiger partial charge < -0.3 is 10.6 Å². The number of aryl methyl sites for hydroxylation is 1. The number of anilines is 1. The van der Waals surface area contributed by atoms with E-state index in [4.69, 9.17) is 18.0 Å². The van der Waals surface area contributed by atoms with Gasteiger partial charge in [0.2, 0.25) is 0 Å². The zero-order valence-electron chi connectivity index (χ0n) is 11.1. The standard InChI is InChI=1S/C15H17N3S/c1-11-7-12(9-17-8-11)10-18(2)14-6-4-3-5-13(14)15(16)19/h3-9H,10H2,1-2H3,(H2,16,19). The van der Waals surface area contributed by atoms with Crippen molar-refractivity contribution < 1.29 is 0 Å². The highest BCUT2D eigenvalue weighted by Gasteiger charge is 2.09. The molecule has 1 aromatic carbocycles. The van der Waals surface area contributed by atoms with Crippen LogP contribution in [0.3, 0.4) is 0 Å². The lowest BCUT2D eigenvalue weighted by atomic mass is 10.1. The Kier molecular flexibility index (Phi) is 4.12. The molecule has 0 bridgehead atoms. The number of nitrogens with zero attached hydrogens (tertiary/aromatic N) is 2. The monoisotopic (exact) mass is 271 g/mol. The smallest absolute Gasteiger partial charge is 0.106 e. The van der Waals surface area contributed by atoms with E-state index in [1.54, 1.807) is 0 Å². The molecule has 2 N–H and O–H groups in total. The predicted molar refractivity (Wildman–Crippen MR) is 83.4 cm³/mol. The summed E-state index contributed by atoms with van der Waals surface area (Å²) in [6.45, 7) is 2.81. The van der Waals surface area contributed by atoms with Crippen LogP contribution >= 0.6 is 12.2 Å². The van der Waals surface area contributed by atoms with Crippen LogP contribution < -0.4 is 10.6 Å². The molecule has 0 spiro atoms. The minimum absolute atomic E-state index is 0.421. The van der Waals surface area contributed by atoms with Gasteiger partial charge in [0.25, 0.3) is 0 Å². The maximum atomic E-state index is 5.76. The largest absolute Gasteiger partial charge is 0.389 e. The summed E-state index contributed by atoms with van der Waals surface area (Å²) < 4.78 is 0. The van der Waals surface area contributed by atoms with Crippen LogP contribution in [0.15, 0.2) is 42.7 Å². The lowest BCUT2D eigenvalue weighted by Gasteiger charge is -2.22. The van der Waals surface area contributed by atoms with Crippen LogP contribution in [0.5, 0.6) is 0 Å². The molecule has 0 saturated heterocycles. The number of para-hydroxylation sites is 1. The van der Waals surface area contributed by atoms with Crippen molar-refractivity contribution in [1.82, 2.24) is 4.98 Å². The van der Waals surface area contributed by atoms with E-state index in [1.165, 1.54) is 5.56 Å². The Bertz CT molecular complexity index is 595. The maximum Gasteiger partial charge on any atom is 0.106 e. The third-order valence-electron chi connectivity index (χ3n) is 2.93. The van der Waals surface area contributed by atoms with E-state index in [9.17, 15) is 0 Å². The van der Waals surface area contributed by atoms with E-state index >= 15 is 0 Å². The van der Waals surface area contributed by atoms with E-state index in [0.29, 0.717) is 4.99 Å². The Morgan fingerprint density at radius 3 is 2.74 bits per heavy atom. The van der Waals surface area contributed by atoms with Gasteiger partial charge in [-0.2, -0.15) is 0 Å². The summed E-state index contributed by atoms with van der Waals surface area (Å²) in [6, 6.07) is 10.0. The van der Waals surface area contributed by atoms with Crippen molar-refractivity contribution in [2.75, 3.05) is 11.9 Å². The van der Waals surface area contributed by atoms with E-state index in [0.717, 1.165) is 23.4 Å². The molecular formula is C15H17N3S. The van der Waals surface area contributed by atoms with Gasteiger partial charge in [0, 0.05) is 37.2 Å². The summed E-state index contributed by atoms with van der Waals surface area (Å²) in [4.78, 5) is 6.76. The van der Waals surface area contributed by atoms with Crippen molar-refractivity contribution in [2.24, 2.45) is 5.73 Å². The number of rotatable bonds is 4. The number of nitrogens with two attached hydrogens (primary N) is 1. The molecule has 1 heterocycles. The molecule has 2 rings (SSSR count). The topological polar surface area (TPSA) is 42.2 Å². The highest BCUT2D eigenvalue weighted by atomic mass is 32.1. The fraction of sp³-hybridized carbons (Fsp3) is 0.200. The van der Waals surface area contributed by atoms with Gasteiger partial charge in [-0.25, -0.2) is 0 Å². The molecule has 0 radical (unpaired) electrons. The third kappa shape index (κ3) is 3.29. The van der Waals surface area contributed by atoms with Gasteiger partial charge >= 0.3 is 0 Å². The Morgan fingerprint density at radius 2 is 2.05 bits per heavy atom. The quantitative estimate of drug-likeness (QED) is 0.868. The number of benzene rings is 1. The lowest BCUT2D eigenvalue weighted by Crippen LogP contribution is -2.21. The minimum Gasteiger partial charge on any atom is -0.389 e. The molecular weight excluding hydrogens is 254 g/mol. The molecule has 4 heteroatoms. The molecule has 0 atom stereocenters. The predicted octanol–water partition coefficient (Wildman–Crippen LogP) is 2.66. The van der Waals surface area contributed by atoms with Crippen LogP contribution in [0.25, 0.3) is 0 Å². The van der Waals surface area contributed by atoms with Crippen molar-refractivity contribution in [2.45, 2.75) is 13.5 Å². The first kappa shape index (κ1) is 13.5. The van der Waals surface area contributed by atoms with E-state index < -0.39 is 0 Å². The summed E-state index contributed by atoms with van der Waals surface area (Å²) in [5.74, 6) is 0. The van der Waals surface area contributed by atoms with Gasteiger partial charge in [-0.05, 0) is 30.2 Å². The third-order valence-corrected chi connectivity index (χ3v) is 3.15. The molecule has 0 saturated carbocycles. The minimum atomic E-state index is 0.421. The van der Waals surface area contributed by atoms with Crippen LogP contribution in [0.1, 0.15) is 16.7 Å². The van der Waals surface area contributed by atoms with Crippen LogP contribution in [-0.4, -0.2) is 17.0 Å². The van der Waals surface area contributed by atoms with Gasteiger partial charge in [-0.1, -0.05) is 30.4 Å². The van der Waals surface area contributed by atoms with Crippen LogP contribution in [0, 0.1) is 6.92 Å². The Balaban J connectivity index is 2.25. The van der Waals surface area contributed by atoms with Crippen molar-refractivity contribution in [3.8, 4) is 0 Å². The summed E-state index contributed by atoms with van der Waals surface area (Å²) in [7, 11) is 2.03. The summed E-state index contributed by atoms with van der Waals surface area (Å²) in [5.41, 5.74) is 10.0. The molecule has 2 aromatic rings. The second-order valence-corrected chi connectivity index (χ2v) is 5.05. The first-order valence-corrected chi connectivity index (χ1v) is 6.49. The van der Waals surface area contributed by atoms with Crippen LogP contribution in [-0.2, 0) is 6.54 Å². The molecule has 0 aliphatic heterocycles. The highest BCUT2D eigenvalue weighted by molar-refractivity contribution is 7.80. The van der Waals surface area contributed by atoms with E-state index in [1.807, 2.05) is 50.6 Å². The molecule has 0 fully saturated rings. The number of hydrogen-bond acceptors (Lipinski definition) is 3. The second kappa shape index (κ2) is 5.80. The van der Waals surface area contributed by atoms with Crippen molar-refractivity contribution in [3.05, 3.63) is 59.4 Å². The molecule has 0 aliphatic carbocycles. The molecule has 1 aromatic heterocycles. The lowest BCUT2D eigenvalue weighted by molar-refractivity contribution is 0.911. The number of hydrogen-bond donors (Lipinski definition) is 1. The zero-order chi connectivity index (χ0) is 13.8. The van der Waals surface area contributed by atoms with Crippen LogP contribution in [0.4, 0.5) is 5.69 Å². The van der Waals surface area contributed by atoms with Crippen molar-refractivity contribution in [3.63, 3.8) is 0 Å². The first-order chi connectivity index (χ1) is 9.08. The number of aromatic nitrogens is 1. The second-order valence-electron chi connectivity index (χ2n) is 4.61. The first-order valence-electron chi connectivity index (χ1n) is 6.08. The average Bonchev–Trinajstić information content (AvgIpc) is 2.38. The number of pyridine rings is 1. The molecule has 0 unspecified atom stereocenters. The zero-order valence-corrected chi connectivity index (χ0v) is 11.9. The summed E-state index contributed by atoms with van der Waals surface area (Å²) in [6.07, 6.45) is 3.74. The SMILES string of the molecule is Cc1cncc(CN(C)c2ccccc2C(N)=S)c1. The molecule has 0 amide bonds. The van der Waals surface area contributed by atoms with E-state index in [2.05, 4.69) is 16.0 Å². The maximum absolute atomic E-state index is 5.76. The van der Waals surface area contributed by atoms with Crippen LogP contribution in [0.2, 0.25) is 0 Å². The molecule has 3 nitrogen and oxygen atoms in total. The number of thiocarbonyl (C=S) groups is 1. The Labute approximate surface area is 119 Å². The summed E-state index contributed by atoms with van der Waals surface area (Å²) in [5, 5.41) is 0. The normalized spacial score (nSPS) is 10.2. The fourth-order valence-corrected chi connectivity index (χ4v) is 2.25. The van der Waals surface area contributed by atoms with Gasteiger partial charge in [-0.3, -0.25) is 4.98 Å². The highest BCUT2D eigenvalue weighted by Crippen LogP contribution is 2.20. The van der Waals surface area contributed by atoms with Gasteiger partial charge in [0.15, 0.2) is 0 Å². The molecule has 0 aliphatic rings. The van der Waals surface area contributed by atoms with Crippen molar-refractivity contribution in [1.29, 1.82) is 0 Å². The molecule has 19 heavy (non-hydrogen) atoms.